The highest BCUT2D eigenvalue weighted by atomic mass is 35.5. The Morgan fingerprint density at radius 1 is 1.17 bits per heavy atom. The summed E-state index contributed by atoms with van der Waals surface area (Å²) in [6, 6.07) is 1.82. The van der Waals surface area contributed by atoms with Gasteiger partial charge in [-0.15, -0.1) is 0 Å². The molecule has 5 heteroatoms. The van der Waals surface area contributed by atoms with Gasteiger partial charge in [0.25, 0.3) is 0 Å². The average molecular weight is 273 g/mol. The van der Waals surface area contributed by atoms with Crippen LogP contribution in [0.15, 0.2) is 6.07 Å². The fourth-order valence-electron chi connectivity index (χ4n) is 1.37. The van der Waals surface area contributed by atoms with Gasteiger partial charge in [0.05, 0.1) is 25.5 Å². The van der Waals surface area contributed by atoms with Gasteiger partial charge in [0.2, 0.25) is 0 Å². The maximum absolute atomic E-state index is 6.01. The van der Waals surface area contributed by atoms with Crippen molar-refractivity contribution in [2.24, 2.45) is 0 Å². The zero-order valence-corrected chi connectivity index (χ0v) is 12.3. The molecule has 0 aliphatic rings. The van der Waals surface area contributed by atoms with Crippen molar-refractivity contribution in [2.75, 3.05) is 26.9 Å². The van der Waals surface area contributed by atoms with Gasteiger partial charge >= 0.3 is 0 Å². The van der Waals surface area contributed by atoms with Crippen LogP contribution in [0.1, 0.15) is 32.3 Å². The fourth-order valence-corrected chi connectivity index (χ4v) is 1.57. The standard InChI is InChI=1S/C13H21ClN2O2/c1-13(2,3)10-9-11(14)16-12(15-10)5-6-18-8-7-17-4/h9H,5-8H2,1-4H3. The van der Waals surface area contributed by atoms with Crippen LogP contribution in [0.4, 0.5) is 0 Å². The summed E-state index contributed by atoms with van der Waals surface area (Å²) in [6.07, 6.45) is 0.660. The molecule has 4 nitrogen and oxygen atoms in total. The molecule has 0 aliphatic carbocycles. The number of hydrogen-bond donors (Lipinski definition) is 0. The van der Waals surface area contributed by atoms with Crippen LogP contribution < -0.4 is 0 Å². The van der Waals surface area contributed by atoms with Crippen molar-refractivity contribution in [3.8, 4) is 0 Å². The minimum atomic E-state index is -0.0295. The number of methoxy groups -OCH3 is 1. The molecule has 0 atom stereocenters. The van der Waals surface area contributed by atoms with E-state index in [0.29, 0.717) is 31.4 Å². The minimum Gasteiger partial charge on any atom is -0.382 e. The molecule has 0 radical (unpaired) electrons. The summed E-state index contributed by atoms with van der Waals surface area (Å²) in [4.78, 5) is 8.72. The van der Waals surface area contributed by atoms with E-state index in [4.69, 9.17) is 21.1 Å². The molecule has 0 amide bonds. The summed E-state index contributed by atoms with van der Waals surface area (Å²) in [5.74, 6) is 0.727. The van der Waals surface area contributed by atoms with Crippen LogP contribution >= 0.6 is 11.6 Å². The zero-order valence-electron chi connectivity index (χ0n) is 11.5. The summed E-state index contributed by atoms with van der Waals surface area (Å²) < 4.78 is 10.3. The van der Waals surface area contributed by atoms with Crippen LogP contribution in [0.5, 0.6) is 0 Å². The van der Waals surface area contributed by atoms with Crippen LogP contribution in [0.3, 0.4) is 0 Å². The molecule has 1 aromatic heterocycles. The second kappa shape index (κ2) is 7.02. The molecule has 0 aromatic carbocycles. The SMILES string of the molecule is COCCOCCc1nc(Cl)cc(C(C)(C)C)n1. The molecule has 0 aliphatic heterocycles. The van der Waals surface area contributed by atoms with E-state index in [-0.39, 0.29) is 5.41 Å². The van der Waals surface area contributed by atoms with Crippen LogP contribution in [-0.2, 0) is 21.3 Å². The van der Waals surface area contributed by atoms with Crippen molar-refractivity contribution in [2.45, 2.75) is 32.6 Å². The molecular weight excluding hydrogens is 252 g/mol. The highest BCUT2D eigenvalue weighted by Crippen LogP contribution is 2.22. The molecule has 18 heavy (non-hydrogen) atoms. The summed E-state index contributed by atoms with van der Waals surface area (Å²) in [6.45, 7) is 8.07. The number of ether oxygens (including phenoxy) is 2. The van der Waals surface area contributed by atoms with Crippen molar-refractivity contribution in [1.29, 1.82) is 0 Å². The third kappa shape index (κ3) is 5.29. The molecule has 0 N–H and O–H groups in total. The number of halogens is 1. The summed E-state index contributed by atoms with van der Waals surface area (Å²) in [5, 5.41) is 0.488. The molecule has 0 saturated heterocycles. The third-order valence-electron chi connectivity index (χ3n) is 2.41. The lowest BCUT2D eigenvalue weighted by Crippen LogP contribution is -2.16. The van der Waals surface area contributed by atoms with Crippen molar-refractivity contribution < 1.29 is 9.47 Å². The number of rotatable bonds is 6. The second-order valence-corrected chi connectivity index (χ2v) is 5.48. The molecule has 0 bridgehead atoms. The summed E-state index contributed by atoms with van der Waals surface area (Å²) >= 11 is 6.01. The quantitative estimate of drug-likeness (QED) is 0.590. The molecular formula is C13H21ClN2O2. The number of hydrogen-bond acceptors (Lipinski definition) is 4. The highest BCUT2D eigenvalue weighted by molar-refractivity contribution is 6.29. The average Bonchev–Trinajstić information content (AvgIpc) is 2.27. The highest BCUT2D eigenvalue weighted by Gasteiger charge is 2.17. The molecule has 102 valence electrons. The van der Waals surface area contributed by atoms with Gasteiger partial charge < -0.3 is 9.47 Å². The van der Waals surface area contributed by atoms with E-state index in [2.05, 4.69) is 30.7 Å². The van der Waals surface area contributed by atoms with E-state index in [1.54, 1.807) is 7.11 Å². The van der Waals surface area contributed by atoms with Crippen LogP contribution in [0.25, 0.3) is 0 Å². The monoisotopic (exact) mass is 272 g/mol. The Bertz CT molecular complexity index is 378. The van der Waals surface area contributed by atoms with Crippen molar-refractivity contribution in [1.82, 2.24) is 9.97 Å². The van der Waals surface area contributed by atoms with Crippen LogP contribution in [0.2, 0.25) is 5.15 Å². The van der Waals surface area contributed by atoms with Crippen molar-refractivity contribution in [3.63, 3.8) is 0 Å². The Labute approximate surface area is 114 Å². The topological polar surface area (TPSA) is 44.2 Å². The Morgan fingerprint density at radius 2 is 1.89 bits per heavy atom. The Balaban J connectivity index is 2.58. The molecule has 1 heterocycles. The second-order valence-electron chi connectivity index (χ2n) is 5.10. The van der Waals surface area contributed by atoms with E-state index >= 15 is 0 Å². The van der Waals surface area contributed by atoms with Gasteiger partial charge in [-0.2, -0.15) is 0 Å². The first kappa shape index (κ1) is 15.3. The Hall–Kier alpha value is -0.710. The van der Waals surface area contributed by atoms with Crippen molar-refractivity contribution in [3.05, 3.63) is 22.7 Å². The first-order valence-corrected chi connectivity index (χ1v) is 6.42. The molecule has 0 fully saturated rings. The first-order chi connectivity index (χ1) is 8.43. The molecule has 0 spiro atoms. The summed E-state index contributed by atoms with van der Waals surface area (Å²) in [5.41, 5.74) is 0.924. The van der Waals surface area contributed by atoms with Crippen molar-refractivity contribution >= 4 is 11.6 Å². The zero-order chi connectivity index (χ0) is 13.6. The van der Waals surface area contributed by atoms with Gasteiger partial charge in [0.15, 0.2) is 0 Å². The molecule has 1 rings (SSSR count). The molecule has 0 saturated carbocycles. The maximum atomic E-state index is 6.01. The lowest BCUT2D eigenvalue weighted by Gasteiger charge is -2.18. The van der Waals surface area contributed by atoms with E-state index in [1.165, 1.54) is 0 Å². The Morgan fingerprint density at radius 3 is 2.50 bits per heavy atom. The van der Waals surface area contributed by atoms with Gasteiger partial charge in [0, 0.05) is 18.9 Å². The van der Waals surface area contributed by atoms with Crippen LogP contribution in [0, 0.1) is 0 Å². The predicted octanol–water partition coefficient (Wildman–Crippen LogP) is 2.63. The van der Waals surface area contributed by atoms with Gasteiger partial charge in [-0.05, 0) is 6.07 Å². The molecule has 1 aromatic rings. The number of aromatic nitrogens is 2. The smallest absolute Gasteiger partial charge is 0.133 e. The van der Waals surface area contributed by atoms with E-state index in [1.807, 2.05) is 6.07 Å². The third-order valence-corrected chi connectivity index (χ3v) is 2.61. The Kier molecular flexibility index (Phi) is 5.99. The van der Waals surface area contributed by atoms with Gasteiger partial charge in [0.1, 0.15) is 11.0 Å². The number of nitrogens with zero attached hydrogens (tertiary/aromatic N) is 2. The van der Waals surface area contributed by atoms with Gasteiger partial charge in [-0.25, -0.2) is 9.97 Å². The largest absolute Gasteiger partial charge is 0.382 e. The first-order valence-electron chi connectivity index (χ1n) is 6.04. The minimum absolute atomic E-state index is 0.0295. The van der Waals surface area contributed by atoms with Gasteiger partial charge in [-0.3, -0.25) is 0 Å². The lowest BCUT2D eigenvalue weighted by molar-refractivity contribution is 0.0716. The van der Waals surface area contributed by atoms with E-state index < -0.39 is 0 Å². The van der Waals surface area contributed by atoms with Crippen LogP contribution in [-0.4, -0.2) is 36.9 Å². The lowest BCUT2D eigenvalue weighted by atomic mass is 9.92. The maximum Gasteiger partial charge on any atom is 0.133 e. The van der Waals surface area contributed by atoms with E-state index in [9.17, 15) is 0 Å². The molecule has 0 unspecified atom stereocenters. The normalized spacial score (nSPS) is 11.8. The fraction of sp³-hybridized carbons (Fsp3) is 0.692. The van der Waals surface area contributed by atoms with Gasteiger partial charge in [-0.1, -0.05) is 32.4 Å². The summed E-state index contributed by atoms with van der Waals surface area (Å²) in [7, 11) is 1.65. The van der Waals surface area contributed by atoms with E-state index in [0.717, 1.165) is 11.5 Å². The predicted molar refractivity (Wildman–Crippen MR) is 72.1 cm³/mol.